The first-order valence-corrected chi connectivity index (χ1v) is 9.76. The number of rotatable bonds is 6. The van der Waals surface area contributed by atoms with Gasteiger partial charge in [0.1, 0.15) is 0 Å². The predicted octanol–water partition coefficient (Wildman–Crippen LogP) is -0.933. The predicted molar refractivity (Wildman–Crippen MR) is 74.6 cm³/mol. The van der Waals surface area contributed by atoms with Gasteiger partial charge in [-0.3, -0.25) is 0 Å². The normalized spacial score (nSPS) is 21.4. The standard InChI is InChI=1S/C10H23N3O4S2/c1-3-10(8-11)19(16,17)12-9-4-6-13(7-5-9)18(2,14)15/h9-10,12H,3-8,11H2,1-2H3. The first-order chi connectivity index (χ1) is 8.70. The zero-order valence-corrected chi connectivity index (χ0v) is 13.0. The van der Waals surface area contributed by atoms with E-state index in [1.807, 2.05) is 0 Å². The quantitative estimate of drug-likeness (QED) is 0.658. The largest absolute Gasteiger partial charge is 0.329 e. The second-order valence-electron chi connectivity index (χ2n) is 4.87. The molecule has 1 aliphatic heterocycles. The molecule has 9 heteroatoms. The summed E-state index contributed by atoms with van der Waals surface area (Å²) < 4.78 is 50.7. The van der Waals surface area contributed by atoms with Gasteiger partial charge in [0.2, 0.25) is 20.0 Å². The molecule has 114 valence electrons. The van der Waals surface area contributed by atoms with Gasteiger partial charge in [-0.05, 0) is 19.3 Å². The van der Waals surface area contributed by atoms with Crippen LogP contribution < -0.4 is 10.5 Å². The molecule has 3 N–H and O–H groups in total. The SMILES string of the molecule is CCC(CN)S(=O)(=O)NC1CCN(S(C)(=O)=O)CC1. The lowest BCUT2D eigenvalue weighted by molar-refractivity contribution is 0.309. The van der Waals surface area contributed by atoms with Crippen LogP contribution in [-0.4, -0.2) is 58.3 Å². The number of piperidine rings is 1. The smallest absolute Gasteiger partial charge is 0.215 e. The van der Waals surface area contributed by atoms with Crippen LogP contribution in [-0.2, 0) is 20.0 Å². The van der Waals surface area contributed by atoms with E-state index < -0.39 is 25.3 Å². The van der Waals surface area contributed by atoms with E-state index in [9.17, 15) is 16.8 Å². The average molecular weight is 313 g/mol. The van der Waals surface area contributed by atoms with Crippen LogP contribution in [0.25, 0.3) is 0 Å². The molecular weight excluding hydrogens is 290 g/mol. The van der Waals surface area contributed by atoms with E-state index in [-0.39, 0.29) is 12.6 Å². The van der Waals surface area contributed by atoms with Crippen LogP contribution in [0.1, 0.15) is 26.2 Å². The van der Waals surface area contributed by atoms with Gasteiger partial charge in [0.25, 0.3) is 0 Å². The third-order valence-electron chi connectivity index (χ3n) is 3.41. The molecule has 0 spiro atoms. The van der Waals surface area contributed by atoms with Crippen LogP contribution in [0.4, 0.5) is 0 Å². The molecule has 1 atom stereocenters. The fourth-order valence-electron chi connectivity index (χ4n) is 2.15. The first kappa shape index (κ1) is 16.8. The summed E-state index contributed by atoms with van der Waals surface area (Å²) in [5.41, 5.74) is 5.45. The highest BCUT2D eigenvalue weighted by molar-refractivity contribution is 7.90. The minimum atomic E-state index is -3.42. The van der Waals surface area contributed by atoms with E-state index in [0.717, 1.165) is 0 Å². The van der Waals surface area contributed by atoms with Crippen LogP contribution in [0.2, 0.25) is 0 Å². The van der Waals surface area contributed by atoms with E-state index >= 15 is 0 Å². The first-order valence-electron chi connectivity index (χ1n) is 6.37. The minimum Gasteiger partial charge on any atom is -0.329 e. The van der Waals surface area contributed by atoms with Gasteiger partial charge in [-0.2, -0.15) is 0 Å². The van der Waals surface area contributed by atoms with Crippen molar-refractivity contribution >= 4 is 20.0 Å². The highest BCUT2D eigenvalue weighted by Gasteiger charge is 2.30. The zero-order chi connectivity index (χ0) is 14.7. The van der Waals surface area contributed by atoms with Gasteiger partial charge in [0.05, 0.1) is 11.5 Å². The van der Waals surface area contributed by atoms with Crippen LogP contribution >= 0.6 is 0 Å². The summed E-state index contributed by atoms with van der Waals surface area (Å²) in [6.07, 6.45) is 2.62. The number of hydrogen-bond acceptors (Lipinski definition) is 5. The molecular formula is C10H23N3O4S2. The fraction of sp³-hybridized carbons (Fsp3) is 1.00. The molecule has 0 aromatic rings. The molecule has 1 rings (SSSR count). The van der Waals surface area contributed by atoms with Gasteiger partial charge in [-0.15, -0.1) is 0 Å². The van der Waals surface area contributed by atoms with Crippen LogP contribution in [0.5, 0.6) is 0 Å². The molecule has 1 heterocycles. The summed E-state index contributed by atoms with van der Waals surface area (Å²) in [5, 5.41) is -0.583. The van der Waals surface area contributed by atoms with Crippen LogP contribution in [0, 0.1) is 0 Å². The molecule has 0 aromatic heterocycles. The minimum absolute atomic E-state index is 0.0913. The Morgan fingerprint density at radius 3 is 2.16 bits per heavy atom. The summed E-state index contributed by atoms with van der Waals surface area (Å²) >= 11 is 0. The Bertz CT molecular complexity index is 477. The van der Waals surface area contributed by atoms with Gasteiger partial charge in [-0.1, -0.05) is 6.92 Å². The topological polar surface area (TPSA) is 110 Å². The van der Waals surface area contributed by atoms with E-state index in [1.165, 1.54) is 10.6 Å². The maximum absolute atomic E-state index is 12.0. The van der Waals surface area contributed by atoms with Crippen molar-refractivity contribution in [3.63, 3.8) is 0 Å². The summed E-state index contributed by atoms with van der Waals surface area (Å²) in [6.45, 7) is 2.58. The van der Waals surface area contributed by atoms with Crippen molar-refractivity contribution in [3.8, 4) is 0 Å². The van der Waals surface area contributed by atoms with Gasteiger partial charge < -0.3 is 5.73 Å². The van der Waals surface area contributed by atoms with Gasteiger partial charge in [0.15, 0.2) is 0 Å². The molecule has 0 aromatic carbocycles. The molecule has 0 amide bonds. The highest BCUT2D eigenvalue weighted by atomic mass is 32.2. The number of hydrogen-bond donors (Lipinski definition) is 2. The van der Waals surface area contributed by atoms with Crippen LogP contribution in [0.3, 0.4) is 0 Å². The average Bonchev–Trinajstić information content (AvgIpc) is 2.29. The third kappa shape index (κ3) is 4.67. The van der Waals surface area contributed by atoms with E-state index in [0.29, 0.717) is 32.4 Å². The maximum Gasteiger partial charge on any atom is 0.215 e. The number of nitrogens with two attached hydrogens (primary N) is 1. The fourth-order valence-corrected chi connectivity index (χ4v) is 4.61. The van der Waals surface area contributed by atoms with Gasteiger partial charge in [-0.25, -0.2) is 25.9 Å². The second-order valence-corrected chi connectivity index (χ2v) is 8.84. The summed E-state index contributed by atoms with van der Waals surface area (Å²) in [6, 6.07) is -0.205. The van der Waals surface area contributed by atoms with Crippen molar-refractivity contribution in [2.75, 3.05) is 25.9 Å². The molecule has 19 heavy (non-hydrogen) atoms. The van der Waals surface area contributed by atoms with Gasteiger partial charge in [0, 0.05) is 25.7 Å². The number of nitrogens with one attached hydrogen (secondary N) is 1. The molecule has 0 radical (unpaired) electrons. The van der Waals surface area contributed by atoms with Gasteiger partial charge >= 0.3 is 0 Å². The Hall–Kier alpha value is -0.220. The lowest BCUT2D eigenvalue weighted by Crippen LogP contribution is -2.49. The number of sulfonamides is 2. The lowest BCUT2D eigenvalue weighted by atomic mass is 10.1. The third-order valence-corrected chi connectivity index (χ3v) is 6.78. The molecule has 1 aliphatic rings. The molecule has 0 bridgehead atoms. The van der Waals surface area contributed by atoms with Crippen molar-refractivity contribution < 1.29 is 16.8 Å². The van der Waals surface area contributed by atoms with Crippen molar-refractivity contribution in [1.82, 2.24) is 9.03 Å². The van der Waals surface area contributed by atoms with E-state index in [2.05, 4.69) is 4.72 Å². The van der Waals surface area contributed by atoms with Crippen LogP contribution in [0.15, 0.2) is 0 Å². The lowest BCUT2D eigenvalue weighted by Gasteiger charge is -2.31. The van der Waals surface area contributed by atoms with Crippen molar-refractivity contribution in [3.05, 3.63) is 0 Å². The molecule has 0 aliphatic carbocycles. The Morgan fingerprint density at radius 2 is 1.79 bits per heavy atom. The van der Waals surface area contributed by atoms with E-state index in [1.54, 1.807) is 6.92 Å². The summed E-state index contributed by atoms with van der Waals surface area (Å²) in [5.74, 6) is 0. The van der Waals surface area contributed by atoms with Crippen molar-refractivity contribution in [2.45, 2.75) is 37.5 Å². The highest BCUT2D eigenvalue weighted by Crippen LogP contribution is 2.15. The molecule has 1 saturated heterocycles. The molecule has 0 saturated carbocycles. The summed E-state index contributed by atoms with van der Waals surface area (Å²) in [7, 11) is -6.60. The Kier molecular flexibility index (Phi) is 5.75. The Morgan fingerprint density at radius 1 is 1.26 bits per heavy atom. The van der Waals surface area contributed by atoms with E-state index in [4.69, 9.17) is 5.73 Å². The molecule has 7 nitrogen and oxygen atoms in total. The second kappa shape index (κ2) is 6.49. The molecule has 1 fully saturated rings. The summed E-state index contributed by atoms with van der Waals surface area (Å²) in [4.78, 5) is 0. The van der Waals surface area contributed by atoms with Crippen molar-refractivity contribution in [1.29, 1.82) is 0 Å². The monoisotopic (exact) mass is 313 g/mol. The molecule has 1 unspecified atom stereocenters. The Labute approximate surface area is 115 Å². The van der Waals surface area contributed by atoms with Crippen molar-refractivity contribution in [2.24, 2.45) is 5.73 Å². The Balaban J connectivity index is 2.58. The zero-order valence-electron chi connectivity index (χ0n) is 11.4. The maximum atomic E-state index is 12.0. The number of nitrogens with zero attached hydrogens (tertiary/aromatic N) is 1.